The number of benzene rings is 1. The van der Waals surface area contributed by atoms with Gasteiger partial charge in [0.25, 0.3) is 0 Å². The molecular weight excluding hydrogens is 373 g/mol. The molecular formula is C14H17ClIN3. The molecule has 1 atom stereocenters. The van der Waals surface area contributed by atoms with Gasteiger partial charge in [-0.2, -0.15) is 5.10 Å². The maximum atomic E-state index is 6.33. The highest BCUT2D eigenvalue weighted by molar-refractivity contribution is 14.1. The summed E-state index contributed by atoms with van der Waals surface area (Å²) in [6.07, 6.45) is 0.702. The fourth-order valence-corrected chi connectivity index (χ4v) is 3.16. The minimum atomic E-state index is -0.0630. The molecule has 102 valence electrons. The predicted octanol–water partition coefficient (Wildman–Crippen LogP) is 3.71. The monoisotopic (exact) mass is 389 g/mol. The Balaban J connectivity index is 2.29. The normalized spacial score (nSPS) is 12.7. The van der Waals surface area contributed by atoms with E-state index >= 15 is 0 Å². The first kappa shape index (κ1) is 14.8. The topological polar surface area (TPSA) is 43.8 Å². The largest absolute Gasteiger partial charge is 0.324 e. The summed E-state index contributed by atoms with van der Waals surface area (Å²) in [5.41, 5.74) is 9.37. The van der Waals surface area contributed by atoms with Crippen LogP contribution in [-0.4, -0.2) is 9.78 Å². The second-order valence-corrected chi connectivity index (χ2v) is 6.03. The Morgan fingerprint density at radius 3 is 2.74 bits per heavy atom. The quantitative estimate of drug-likeness (QED) is 0.810. The average Bonchev–Trinajstić information content (AvgIpc) is 2.67. The van der Waals surface area contributed by atoms with Crippen molar-refractivity contribution in [2.24, 2.45) is 5.73 Å². The molecule has 0 aliphatic carbocycles. The highest BCUT2D eigenvalue weighted by Gasteiger charge is 2.17. The summed E-state index contributed by atoms with van der Waals surface area (Å²) in [7, 11) is 0. The molecule has 5 heteroatoms. The lowest BCUT2D eigenvalue weighted by Gasteiger charge is -2.15. The Morgan fingerprint density at radius 2 is 2.11 bits per heavy atom. The van der Waals surface area contributed by atoms with Gasteiger partial charge in [0.15, 0.2) is 0 Å². The van der Waals surface area contributed by atoms with E-state index in [1.165, 1.54) is 3.57 Å². The van der Waals surface area contributed by atoms with E-state index in [1.807, 2.05) is 23.7 Å². The van der Waals surface area contributed by atoms with E-state index in [4.69, 9.17) is 17.3 Å². The van der Waals surface area contributed by atoms with Gasteiger partial charge in [-0.05, 0) is 48.1 Å². The number of halogens is 2. The van der Waals surface area contributed by atoms with Crippen LogP contribution >= 0.6 is 34.2 Å². The van der Waals surface area contributed by atoms with E-state index in [9.17, 15) is 0 Å². The molecule has 0 spiro atoms. The smallest absolute Gasteiger partial charge is 0.0847 e. The molecule has 0 aliphatic heterocycles. The molecule has 0 radical (unpaired) electrons. The second-order valence-electron chi connectivity index (χ2n) is 4.49. The van der Waals surface area contributed by atoms with Gasteiger partial charge in [-0.25, -0.2) is 0 Å². The molecule has 0 aliphatic rings. The van der Waals surface area contributed by atoms with E-state index in [0.717, 1.165) is 28.5 Å². The number of nitrogens with zero attached hydrogens (tertiary/aromatic N) is 2. The molecule has 1 aromatic carbocycles. The maximum absolute atomic E-state index is 6.33. The van der Waals surface area contributed by atoms with Crippen molar-refractivity contribution in [2.45, 2.75) is 32.9 Å². The van der Waals surface area contributed by atoms with Gasteiger partial charge in [0.05, 0.1) is 16.4 Å². The first-order chi connectivity index (χ1) is 9.04. The Hall–Kier alpha value is -0.590. The van der Waals surface area contributed by atoms with Crippen molar-refractivity contribution in [3.8, 4) is 0 Å². The molecule has 0 saturated heterocycles. The second kappa shape index (κ2) is 6.24. The van der Waals surface area contributed by atoms with E-state index in [-0.39, 0.29) is 6.04 Å². The minimum absolute atomic E-state index is 0.0630. The van der Waals surface area contributed by atoms with Crippen LogP contribution in [0.25, 0.3) is 0 Å². The van der Waals surface area contributed by atoms with Gasteiger partial charge in [-0.1, -0.05) is 29.8 Å². The highest BCUT2D eigenvalue weighted by Crippen LogP contribution is 2.26. The standard InChI is InChI=1S/C14H17ClIN3/c1-3-19-13(14(15)9(2)18-19)8-12(17)10-6-4-5-7-11(10)16/h4-7,12H,3,8,17H2,1-2H3. The van der Waals surface area contributed by atoms with Gasteiger partial charge in [-0.3, -0.25) is 4.68 Å². The summed E-state index contributed by atoms with van der Waals surface area (Å²) in [4.78, 5) is 0. The van der Waals surface area contributed by atoms with Crippen LogP contribution in [0, 0.1) is 10.5 Å². The van der Waals surface area contributed by atoms with Crippen LogP contribution in [0.5, 0.6) is 0 Å². The zero-order valence-corrected chi connectivity index (χ0v) is 13.9. The lowest BCUT2D eigenvalue weighted by atomic mass is 10.0. The van der Waals surface area contributed by atoms with E-state index in [2.05, 4.69) is 46.7 Å². The number of hydrogen-bond donors (Lipinski definition) is 1. The minimum Gasteiger partial charge on any atom is -0.324 e. The fraction of sp³-hybridized carbons (Fsp3) is 0.357. The van der Waals surface area contributed by atoms with Gasteiger partial charge in [0.2, 0.25) is 0 Å². The third kappa shape index (κ3) is 3.12. The van der Waals surface area contributed by atoms with E-state index in [0.29, 0.717) is 6.42 Å². The molecule has 1 aromatic heterocycles. The van der Waals surface area contributed by atoms with Gasteiger partial charge in [-0.15, -0.1) is 0 Å². The molecule has 2 aromatic rings. The summed E-state index contributed by atoms with van der Waals surface area (Å²) >= 11 is 8.64. The molecule has 19 heavy (non-hydrogen) atoms. The van der Waals surface area contributed by atoms with Crippen molar-refractivity contribution in [2.75, 3.05) is 0 Å². The van der Waals surface area contributed by atoms with E-state index < -0.39 is 0 Å². The molecule has 2 rings (SSSR count). The molecule has 0 amide bonds. The Labute approximate surface area is 132 Å². The Bertz CT molecular complexity index is 580. The van der Waals surface area contributed by atoms with Crippen LogP contribution in [0.15, 0.2) is 24.3 Å². The molecule has 1 unspecified atom stereocenters. The summed E-state index contributed by atoms with van der Waals surface area (Å²) in [6, 6.07) is 8.11. The van der Waals surface area contributed by atoms with Crippen molar-refractivity contribution in [3.63, 3.8) is 0 Å². The average molecular weight is 390 g/mol. The highest BCUT2D eigenvalue weighted by atomic mass is 127. The van der Waals surface area contributed by atoms with Gasteiger partial charge < -0.3 is 5.73 Å². The molecule has 2 N–H and O–H groups in total. The zero-order valence-electron chi connectivity index (χ0n) is 11.0. The Morgan fingerprint density at radius 1 is 1.42 bits per heavy atom. The van der Waals surface area contributed by atoms with Crippen molar-refractivity contribution < 1.29 is 0 Å². The van der Waals surface area contributed by atoms with Crippen LogP contribution in [0.1, 0.15) is 29.9 Å². The summed E-state index contributed by atoms with van der Waals surface area (Å²) in [5, 5.41) is 5.16. The van der Waals surface area contributed by atoms with Crippen LogP contribution in [0.3, 0.4) is 0 Å². The van der Waals surface area contributed by atoms with Gasteiger partial charge in [0.1, 0.15) is 0 Å². The SMILES string of the molecule is CCn1nc(C)c(Cl)c1CC(N)c1ccccc1I. The van der Waals surface area contributed by atoms with Crippen LogP contribution in [0.2, 0.25) is 5.02 Å². The van der Waals surface area contributed by atoms with Crippen LogP contribution in [-0.2, 0) is 13.0 Å². The number of rotatable bonds is 4. The number of hydrogen-bond acceptors (Lipinski definition) is 2. The number of aromatic nitrogens is 2. The molecule has 3 nitrogen and oxygen atoms in total. The summed E-state index contributed by atoms with van der Waals surface area (Å²) in [5.74, 6) is 0. The fourth-order valence-electron chi connectivity index (χ4n) is 2.16. The van der Waals surface area contributed by atoms with E-state index in [1.54, 1.807) is 0 Å². The van der Waals surface area contributed by atoms with Crippen molar-refractivity contribution in [1.82, 2.24) is 9.78 Å². The lowest BCUT2D eigenvalue weighted by Crippen LogP contribution is -2.17. The van der Waals surface area contributed by atoms with Gasteiger partial charge >= 0.3 is 0 Å². The van der Waals surface area contributed by atoms with Crippen molar-refractivity contribution >= 4 is 34.2 Å². The predicted molar refractivity (Wildman–Crippen MR) is 87.4 cm³/mol. The Kier molecular flexibility index (Phi) is 4.86. The summed E-state index contributed by atoms with van der Waals surface area (Å²) < 4.78 is 3.12. The summed E-state index contributed by atoms with van der Waals surface area (Å²) in [6.45, 7) is 4.79. The number of nitrogens with two attached hydrogens (primary N) is 1. The van der Waals surface area contributed by atoms with Crippen LogP contribution < -0.4 is 5.73 Å². The molecule has 0 saturated carbocycles. The number of aryl methyl sites for hydroxylation is 2. The third-order valence-electron chi connectivity index (χ3n) is 3.17. The lowest BCUT2D eigenvalue weighted by molar-refractivity contribution is 0.586. The third-order valence-corrected chi connectivity index (χ3v) is 4.64. The molecule has 1 heterocycles. The van der Waals surface area contributed by atoms with Gasteiger partial charge in [0, 0.05) is 22.6 Å². The van der Waals surface area contributed by atoms with Crippen molar-refractivity contribution in [1.29, 1.82) is 0 Å². The molecule has 0 bridgehead atoms. The first-order valence-corrected chi connectivity index (χ1v) is 7.72. The van der Waals surface area contributed by atoms with Crippen LogP contribution in [0.4, 0.5) is 0 Å². The maximum Gasteiger partial charge on any atom is 0.0847 e. The first-order valence-electron chi connectivity index (χ1n) is 6.26. The molecule has 0 fully saturated rings. The zero-order chi connectivity index (χ0) is 14.0. The van der Waals surface area contributed by atoms with Crippen molar-refractivity contribution in [3.05, 3.63) is 49.8 Å².